The van der Waals surface area contributed by atoms with Crippen LogP contribution in [0.1, 0.15) is 31.4 Å². The molecule has 5 nitrogen and oxygen atoms in total. The third-order valence-electron chi connectivity index (χ3n) is 3.12. The molecule has 1 amide bonds. The van der Waals surface area contributed by atoms with Gasteiger partial charge in [0.05, 0.1) is 18.7 Å². The first-order valence-corrected chi connectivity index (χ1v) is 7.92. The van der Waals surface area contributed by atoms with Crippen molar-refractivity contribution in [3.8, 4) is 0 Å². The molecule has 0 aromatic heterocycles. The molecular weight excluding hydrogens is 340 g/mol. The number of nitrogens with one attached hydrogen (secondary N) is 3. The van der Waals surface area contributed by atoms with Crippen LogP contribution < -0.4 is 16.0 Å². The minimum absolute atomic E-state index is 0.0542. The van der Waals surface area contributed by atoms with Gasteiger partial charge in [-0.3, -0.25) is 4.79 Å². The second kappa shape index (κ2) is 9.85. The Labute approximate surface area is 143 Å². The van der Waals surface area contributed by atoms with Crippen LogP contribution in [0.2, 0.25) is 0 Å². The van der Waals surface area contributed by atoms with Gasteiger partial charge in [0.1, 0.15) is 5.82 Å². The minimum Gasteiger partial charge on any atom is -0.357 e. The van der Waals surface area contributed by atoms with Crippen LogP contribution in [0.4, 0.5) is 17.6 Å². The number of hydrogen-bond donors (Lipinski definition) is 3. The molecule has 1 aromatic rings. The van der Waals surface area contributed by atoms with Crippen LogP contribution in [0.5, 0.6) is 0 Å². The highest BCUT2D eigenvalue weighted by Gasteiger charge is 2.33. The largest absolute Gasteiger partial charge is 0.416 e. The molecule has 1 aromatic carbocycles. The normalized spacial score (nSPS) is 12.0. The number of amides is 1. The molecule has 0 saturated carbocycles. The maximum atomic E-state index is 13.1. The first-order valence-electron chi connectivity index (χ1n) is 7.92. The molecular formula is C16H22F4N4O. The quantitative estimate of drug-likeness (QED) is 0.397. The van der Waals surface area contributed by atoms with E-state index in [1.54, 1.807) is 6.92 Å². The van der Waals surface area contributed by atoms with E-state index in [-0.39, 0.29) is 30.5 Å². The van der Waals surface area contributed by atoms with E-state index in [0.717, 1.165) is 18.6 Å². The molecule has 0 radical (unpaired) electrons. The third-order valence-corrected chi connectivity index (χ3v) is 3.12. The molecule has 0 fully saturated rings. The van der Waals surface area contributed by atoms with Gasteiger partial charge in [-0.1, -0.05) is 13.0 Å². The van der Waals surface area contributed by atoms with Crippen molar-refractivity contribution in [2.24, 2.45) is 4.99 Å². The Bertz CT molecular complexity index is 602. The maximum absolute atomic E-state index is 13.1. The lowest BCUT2D eigenvalue weighted by Gasteiger charge is -2.14. The number of nitrogens with zero attached hydrogens (tertiary/aromatic N) is 1. The Balaban J connectivity index is 2.82. The van der Waals surface area contributed by atoms with Crippen LogP contribution in [0, 0.1) is 5.82 Å². The molecule has 0 unspecified atom stereocenters. The van der Waals surface area contributed by atoms with Gasteiger partial charge in [-0.25, -0.2) is 9.38 Å². The molecule has 0 saturated heterocycles. The summed E-state index contributed by atoms with van der Waals surface area (Å²) < 4.78 is 52.0. The van der Waals surface area contributed by atoms with Crippen molar-refractivity contribution in [1.29, 1.82) is 0 Å². The van der Waals surface area contributed by atoms with Crippen LogP contribution in [-0.4, -0.2) is 31.5 Å². The van der Waals surface area contributed by atoms with Crippen molar-refractivity contribution < 1.29 is 22.4 Å². The summed E-state index contributed by atoms with van der Waals surface area (Å²) in [7, 11) is 0. The monoisotopic (exact) mass is 362 g/mol. The molecule has 0 heterocycles. The molecule has 0 aliphatic carbocycles. The second-order valence-electron chi connectivity index (χ2n) is 5.20. The summed E-state index contributed by atoms with van der Waals surface area (Å²) in [6.07, 6.45) is -3.87. The molecule has 9 heteroatoms. The van der Waals surface area contributed by atoms with Gasteiger partial charge in [0.2, 0.25) is 5.91 Å². The molecule has 1 rings (SSSR count). The van der Waals surface area contributed by atoms with Crippen molar-refractivity contribution in [2.75, 3.05) is 19.6 Å². The Hall–Kier alpha value is -2.32. The van der Waals surface area contributed by atoms with Gasteiger partial charge >= 0.3 is 6.18 Å². The summed E-state index contributed by atoms with van der Waals surface area (Å²) in [5.41, 5.74) is -1.21. The first kappa shape index (κ1) is 20.7. The van der Waals surface area contributed by atoms with Gasteiger partial charge < -0.3 is 16.0 Å². The summed E-state index contributed by atoms with van der Waals surface area (Å²) in [6, 6.07) is 2.46. The Morgan fingerprint density at radius 1 is 1.16 bits per heavy atom. The van der Waals surface area contributed by atoms with Gasteiger partial charge in [0, 0.05) is 13.1 Å². The van der Waals surface area contributed by atoms with Crippen molar-refractivity contribution in [1.82, 2.24) is 16.0 Å². The average molecular weight is 362 g/mol. The fraction of sp³-hybridized carbons (Fsp3) is 0.500. The number of alkyl halides is 3. The number of carbonyl (C=O) groups excluding carboxylic acids is 1. The van der Waals surface area contributed by atoms with Crippen molar-refractivity contribution in [2.45, 2.75) is 33.0 Å². The maximum Gasteiger partial charge on any atom is 0.416 e. The smallest absolute Gasteiger partial charge is 0.357 e. The highest BCUT2D eigenvalue weighted by atomic mass is 19.4. The molecule has 0 atom stereocenters. The van der Waals surface area contributed by atoms with Gasteiger partial charge in [0.25, 0.3) is 0 Å². The van der Waals surface area contributed by atoms with E-state index >= 15 is 0 Å². The molecule has 0 aliphatic rings. The van der Waals surface area contributed by atoms with E-state index < -0.39 is 17.6 Å². The Morgan fingerprint density at radius 3 is 2.48 bits per heavy atom. The van der Waals surface area contributed by atoms with E-state index in [9.17, 15) is 22.4 Å². The van der Waals surface area contributed by atoms with Crippen LogP contribution in [0.15, 0.2) is 23.2 Å². The van der Waals surface area contributed by atoms with Crippen LogP contribution in [-0.2, 0) is 17.5 Å². The van der Waals surface area contributed by atoms with Crippen LogP contribution in [0.25, 0.3) is 0 Å². The zero-order valence-electron chi connectivity index (χ0n) is 14.1. The first-order chi connectivity index (χ1) is 11.8. The fourth-order valence-corrected chi connectivity index (χ4v) is 1.95. The van der Waals surface area contributed by atoms with E-state index in [2.05, 4.69) is 20.9 Å². The zero-order chi connectivity index (χ0) is 18.9. The molecule has 0 spiro atoms. The second-order valence-corrected chi connectivity index (χ2v) is 5.20. The predicted octanol–water partition coefficient (Wildman–Crippen LogP) is 2.43. The molecule has 25 heavy (non-hydrogen) atoms. The molecule has 0 bridgehead atoms. The number of guanidine groups is 1. The predicted molar refractivity (Wildman–Crippen MR) is 87.5 cm³/mol. The average Bonchev–Trinajstić information content (AvgIpc) is 2.55. The topological polar surface area (TPSA) is 65.5 Å². The molecule has 0 aliphatic heterocycles. The molecule has 3 N–H and O–H groups in total. The lowest BCUT2D eigenvalue weighted by molar-refractivity contribution is -0.138. The number of hydrogen-bond acceptors (Lipinski definition) is 2. The van der Waals surface area contributed by atoms with E-state index in [1.807, 2.05) is 6.92 Å². The van der Waals surface area contributed by atoms with E-state index in [0.29, 0.717) is 19.2 Å². The van der Waals surface area contributed by atoms with Gasteiger partial charge in [-0.2, -0.15) is 13.2 Å². The third kappa shape index (κ3) is 7.40. The summed E-state index contributed by atoms with van der Waals surface area (Å²) in [6.45, 7) is 4.35. The van der Waals surface area contributed by atoms with Crippen molar-refractivity contribution in [3.63, 3.8) is 0 Å². The summed E-state index contributed by atoms with van der Waals surface area (Å²) in [4.78, 5) is 15.6. The van der Waals surface area contributed by atoms with E-state index in [1.165, 1.54) is 0 Å². The highest BCUT2D eigenvalue weighted by Crippen LogP contribution is 2.32. The van der Waals surface area contributed by atoms with Crippen molar-refractivity contribution >= 4 is 11.9 Å². The number of halogens is 4. The Kier molecular flexibility index (Phi) is 8.17. The van der Waals surface area contributed by atoms with Gasteiger partial charge in [0.15, 0.2) is 5.96 Å². The standard InChI is InChI=1S/C16H22F4N4O/c1-3-7-22-14(25)10-24-15(21-4-2)23-9-11-5-6-12(17)8-13(11)16(18,19)20/h5-6,8H,3-4,7,9-10H2,1-2H3,(H,22,25)(H2,21,23,24). The lowest BCUT2D eigenvalue weighted by atomic mass is 10.1. The molecule has 140 valence electrons. The minimum atomic E-state index is -4.67. The van der Waals surface area contributed by atoms with Gasteiger partial charge in [-0.15, -0.1) is 0 Å². The van der Waals surface area contributed by atoms with E-state index in [4.69, 9.17) is 0 Å². The number of benzene rings is 1. The summed E-state index contributed by atoms with van der Waals surface area (Å²) in [5.74, 6) is -1.01. The summed E-state index contributed by atoms with van der Waals surface area (Å²) >= 11 is 0. The number of rotatable bonds is 7. The van der Waals surface area contributed by atoms with Crippen LogP contribution >= 0.6 is 0 Å². The zero-order valence-corrected chi connectivity index (χ0v) is 14.1. The van der Waals surface area contributed by atoms with Crippen molar-refractivity contribution in [3.05, 3.63) is 35.1 Å². The SMILES string of the molecule is CCCNC(=O)CNC(=NCc1ccc(F)cc1C(F)(F)F)NCC. The Morgan fingerprint density at radius 2 is 1.88 bits per heavy atom. The lowest BCUT2D eigenvalue weighted by Crippen LogP contribution is -2.43. The highest BCUT2D eigenvalue weighted by molar-refractivity contribution is 5.86. The summed E-state index contributed by atoms with van der Waals surface area (Å²) in [5, 5.41) is 8.24. The number of carbonyl (C=O) groups is 1. The van der Waals surface area contributed by atoms with Crippen LogP contribution in [0.3, 0.4) is 0 Å². The van der Waals surface area contributed by atoms with Gasteiger partial charge in [-0.05, 0) is 31.0 Å². The fourth-order valence-electron chi connectivity index (χ4n) is 1.95. The number of aliphatic imine (C=N–C) groups is 1.